The molecular weight excluding hydrogens is 348 g/mol. The molecule has 1 aliphatic heterocycles. The molecule has 158 valence electrons. The van der Waals surface area contributed by atoms with Crippen LogP contribution < -0.4 is 10.6 Å². The third-order valence-corrected chi connectivity index (χ3v) is 5.39. The summed E-state index contributed by atoms with van der Waals surface area (Å²) in [5.41, 5.74) is 1.27. The lowest BCUT2D eigenvalue weighted by atomic mass is 9.89. The molecule has 1 aromatic rings. The molecule has 1 aromatic carbocycles. The summed E-state index contributed by atoms with van der Waals surface area (Å²) in [6, 6.07) is 11.7. The van der Waals surface area contributed by atoms with Gasteiger partial charge in [-0.25, -0.2) is 0 Å². The maximum Gasteiger partial charge on any atom is 0.191 e. The number of hydrogen-bond donors (Lipinski definition) is 2. The van der Waals surface area contributed by atoms with Crippen molar-refractivity contribution in [3.05, 3.63) is 35.9 Å². The average Bonchev–Trinajstić information content (AvgIpc) is 2.69. The van der Waals surface area contributed by atoms with Crippen LogP contribution in [0.5, 0.6) is 0 Å². The summed E-state index contributed by atoms with van der Waals surface area (Å²) in [5.74, 6) is 1.33. The molecule has 0 bridgehead atoms. The van der Waals surface area contributed by atoms with Gasteiger partial charge in [0.2, 0.25) is 0 Å². The molecule has 0 radical (unpaired) electrons. The molecule has 2 rings (SSSR count). The van der Waals surface area contributed by atoms with E-state index in [0.29, 0.717) is 18.0 Å². The highest BCUT2D eigenvalue weighted by atomic mass is 16.5. The number of nitrogens with one attached hydrogen (secondary N) is 2. The van der Waals surface area contributed by atoms with E-state index in [4.69, 9.17) is 9.73 Å². The van der Waals surface area contributed by atoms with Gasteiger partial charge in [0.25, 0.3) is 0 Å². The Balaban J connectivity index is 1.94. The van der Waals surface area contributed by atoms with Crippen LogP contribution in [0, 0.1) is 5.92 Å². The zero-order valence-corrected chi connectivity index (χ0v) is 18.4. The maximum atomic E-state index is 6.12. The Labute approximate surface area is 171 Å². The normalized spacial score (nSPS) is 20.8. The summed E-state index contributed by atoms with van der Waals surface area (Å²) in [4.78, 5) is 7.39. The molecule has 1 aliphatic rings. The van der Waals surface area contributed by atoms with Crippen LogP contribution in [0.1, 0.15) is 59.1 Å². The first-order valence-corrected chi connectivity index (χ1v) is 11.0. The zero-order valence-electron chi connectivity index (χ0n) is 18.4. The van der Waals surface area contributed by atoms with Crippen LogP contribution >= 0.6 is 0 Å². The predicted molar refractivity (Wildman–Crippen MR) is 119 cm³/mol. The Hall–Kier alpha value is -1.59. The summed E-state index contributed by atoms with van der Waals surface area (Å²) >= 11 is 0. The average molecular weight is 389 g/mol. The van der Waals surface area contributed by atoms with Gasteiger partial charge in [-0.1, -0.05) is 30.3 Å². The Kier molecular flexibility index (Phi) is 9.79. The van der Waals surface area contributed by atoms with E-state index < -0.39 is 0 Å². The van der Waals surface area contributed by atoms with Crippen LogP contribution in [0.4, 0.5) is 0 Å². The fourth-order valence-corrected chi connectivity index (χ4v) is 4.01. The lowest BCUT2D eigenvalue weighted by molar-refractivity contribution is -0.0250. The minimum atomic E-state index is 0.152. The van der Waals surface area contributed by atoms with E-state index in [0.717, 1.165) is 51.6 Å². The van der Waals surface area contributed by atoms with Crippen molar-refractivity contribution < 1.29 is 4.74 Å². The van der Waals surface area contributed by atoms with Crippen molar-refractivity contribution in [2.45, 2.75) is 65.6 Å². The van der Waals surface area contributed by atoms with Crippen LogP contribution in [0.15, 0.2) is 35.3 Å². The number of rotatable bonds is 9. The Morgan fingerprint density at radius 3 is 2.50 bits per heavy atom. The van der Waals surface area contributed by atoms with Gasteiger partial charge in [0.1, 0.15) is 0 Å². The van der Waals surface area contributed by atoms with Crippen molar-refractivity contribution in [2.24, 2.45) is 10.9 Å². The van der Waals surface area contributed by atoms with E-state index in [2.05, 4.69) is 80.5 Å². The van der Waals surface area contributed by atoms with Crippen molar-refractivity contribution in [1.29, 1.82) is 0 Å². The van der Waals surface area contributed by atoms with Gasteiger partial charge in [0.05, 0.1) is 6.10 Å². The van der Waals surface area contributed by atoms with E-state index in [1.807, 2.05) is 0 Å². The molecule has 1 heterocycles. The second-order valence-corrected chi connectivity index (χ2v) is 8.18. The fourth-order valence-electron chi connectivity index (χ4n) is 4.01. The number of nitrogens with zero attached hydrogens (tertiary/aromatic N) is 2. The van der Waals surface area contributed by atoms with E-state index in [1.165, 1.54) is 5.56 Å². The molecule has 2 unspecified atom stereocenters. The minimum absolute atomic E-state index is 0.152. The van der Waals surface area contributed by atoms with Crippen LogP contribution in [-0.4, -0.2) is 55.7 Å². The molecule has 1 saturated heterocycles. The van der Waals surface area contributed by atoms with Crippen molar-refractivity contribution in [2.75, 3.05) is 32.8 Å². The third kappa shape index (κ3) is 7.10. The Bertz CT molecular complexity index is 565. The lowest BCUT2D eigenvalue weighted by Crippen LogP contribution is -2.45. The van der Waals surface area contributed by atoms with Gasteiger partial charge in [0, 0.05) is 50.8 Å². The molecule has 28 heavy (non-hydrogen) atoms. The molecule has 0 saturated carbocycles. The number of benzene rings is 1. The monoisotopic (exact) mass is 388 g/mol. The molecule has 5 nitrogen and oxygen atoms in total. The molecule has 0 amide bonds. The Morgan fingerprint density at radius 2 is 1.86 bits per heavy atom. The first-order valence-electron chi connectivity index (χ1n) is 11.0. The maximum absolute atomic E-state index is 6.12. The van der Waals surface area contributed by atoms with Gasteiger partial charge in [-0.3, -0.25) is 9.89 Å². The summed E-state index contributed by atoms with van der Waals surface area (Å²) in [6.45, 7) is 15.5. The van der Waals surface area contributed by atoms with E-state index >= 15 is 0 Å². The highest BCUT2D eigenvalue weighted by molar-refractivity contribution is 5.79. The fraction of sp³-hybridized carbons (Fsp3) is 0.696. The molecular formula is C23H40N4O. The van der Waals surface area contributed by atoms with Crippen molar-refractivity contribution in [1.82, 2.24) is 15.5 Å². The summed E-state index contributed by atoms with van der Waals surface area (Å²) in [6.07, 6.45) is 2.43. The van der Waals surface area contributed by atoms with Crippen molar-refractivity contribution in [3.63, 3.8) is 0 Å². The van der Waals surface area contributed by atoms with Crippen molar-refractivity contribution >= 4 is 5.96 Å². The predicted octanol–water partition coefficient (Wildman–Crippen LogP) is 3.83. The third-order valence-electron chi connectivity index (χ3n) is 5.39. The number of ether oxygens (including phenoxy) is 1. The first kappa shape index (κ1) is 22.7. The minimum Gasteiger partial charge on any atom is -0.373 e. The number of guanidine groups is 1. The molecule has 2 atom stereocenters. The summed E-state index contributed by atoms with van der Waals surface area (Å²) in [7, 11) is 0. The lowest BCUT2D eigenvalue weighted by Gasteiger charge is -2.32. The largest absolute Gasteiger partial charge is 0.373 e. The molecule has 1 fully saturated rings. The van der Waals surface area contributed by atoms with Gasteiger partial charge in [-0.05, 0) is 53.0 Å². The van der Waals surface area contributed by atoms with E-state index in [1.54, 1.807) is 0 Å². The van der Waals surface area contributed by atoms with E-state index in [-0.39, 0.29) is 6.10 Å². The van der Waals surface area contributed by atoms with Gasteiger partial charge in [-0.2, -0.15) is 0 Å². The van der Waals surface area contributed by atoms with Gasteiger partial charge < -0.3 is 15.4 Å². The van der Waals surface area contributed by atoms with E-state index in [9.17, 15) is 0 Å². The van der Waals surface area contributed by atoms with Gasteiger partial charge in [0.15, 0.2) is 5.96 Å². The number of aliphatic imine (C=N–C) groups is 1. The van der Waals surface area contributed by atoms with Crippen LogP contribution in [-0.2, 0) is 4.74 Å². The molecule has 0 spiro atoms. The molecule has 0 aliphatic carbocycles. The zero-order chi connectivity index (χ0) is 20.4. The van der Waals surface area contributed by atoms with Crippen molar-refractivity contribution in [3.8, 4) is 0 Å². The standard InChI is InChI=1S/C23H40N4O/c1-6-24-23(25-14-15-27(18(2)3)19(4)5)26-17-21-13-10-16-28-22(21)20-11-8-7-9-12-20/h7-9,11-12,18-19,21-22H,6,10,13-17H2,1-5H3,(H2,24,25,26). The smallest absolute Gasteiger partial charge is 0.191 e. The topological polar surface area (TPSA) is 48.9 Å². The highest BCUT2D eigenvalue weighted by Crippen LogP contribution is 2.33. The van der Waals surface area contributed by atoms with Gasteiger partial charge >= 0.3 is 0 Å². The van der Waals surface area contributed by atoms with Crippen LogP contribution in [0.2, 0.25) is 0 Å². The quantitative estimate of drug-likeness (QED) is 0.499. The summed E-state index contributed by atoms with van der Waals surface area (Å²) in [5, 5.41) is 6.90. The molecule has 5 heteroatoms. The molecule has 2 N–H and O–H groups in total. The van der Waals surface area contributed by atoms with Crippen LogP contribution in [0.3, 0.4) is 0 Å². The van der Waals surface area contributed by atoms with Gasteiger partial charge in [-0.15, -0.1) is 0 Å². The Morgan fingerprint density at radius 1 is 1.14 bits per heavy atom. The summed E-state index contributed by atoms with van der Waals surface area (Å²) < 4.78 is 6.12. The molecule has 0 aromatic heterocycles. The first-order chi connectivity index (χ1) is 13.5. The second-order valence-electron chi connectivity index (χ2n) is 8.18. The number of hydrogen-bond acceptors (Lipinski definition) is 3. The second kappa shape index (κ2) is 12.1. The van der Waals surface area contributed by atoms with Crippen LogP contribution in [0.25, 0.3) is 0 Å². The SMILES string of the molecule is CCNC(=NCC1CCCOC1c1ccccc1)NCCN(C(C)C)C(C)C. The highest BCUT2D eigenvalue weighted by Gasteiger charge is 2.27.